The summed E-state index contributed by atoms with van der Waals surface area (Å²) in [6.07, 6.45) is 0.567. The summed E-state index contributed by atoms with van der Waals surface area (Å²) < 4.78 is 1.16. The lowest BCUT2D eigenvalue weighted by atomic mass is 10.1. The minimum absolute atomic E-state index is 0.230. The molecule has 80 valence electrons. The topological polar surface area (TPSA) is 32.3 Å². The van der Waals surface area contributed by atoms with Crippen LogP contribution in [0.15, 0.2) is 15.2 Å². The summed E-state index contributed by atoms with van der Waals surface area (Å²) in [6, 6.07) is 2.47. The number of halogens is 1. The molecule has 0 radical (unpaired) electrons. The van der Waals surface area contributed by atoms with Crippen LogP contribution in [0.5, 0.6) is 0 Å². The van der Waals surface area contributed by atoms with Crippen molar-refractivity contribution in [2.45, 2.75) is 39.0 Å². The number of hydrogen-bond donors (Lipinski definition) is 2. The van der Waals surface area contributed by atoms with E-state index in [9.17, 15) is 5.11 Å². The van der Waals surface area contributed by atoms with Gasteiger partial charge in [-0.1, -0.05) is 0 Å². The fourth-order valence-corrected chi connectivity index (χ4v) is 2.53. The highest BCUT2D eigenvalue weighted by Crippen LogP contribution is 2.20. The second-order valence-corrected chi connectivity index (χ2v) is 5.92. The lowest BCUT2D eigenvalue weighted by Gasteiger charge is -2.14. The largest absolute Gasteiger partial charge is 0.393 e. The molecule has 0 fully saturated rings. The molecule has 0 spiro atoms. The zero-order valence-electron chi connectivity index (χ0n) is 8.46. The van der Waals surface area contributed by atoms with Gasteiger partial charge in [0.15, 0.2) is 0 Å². The zero-order chi connectivity index (χ0) is 10.6. The van der Waals surface area contributed by atoms with Crippen molar-refractivity contribution < 1.29 is 5.11 Å². The standard InChI is InChI=1S/C10H16BrNOS/c1-7(3-8(2)13)12-5-9-4-10(11)14-6-9/h4,6-8,12-13H,3,5H2,1-2H3. The number of nitrogens with one attached hydrogen (secondary N) is 1. The van der Waals surface area contributed by atoms with Crippen LogP contribution in [0.3, 0.4) is 0 Å². The Balaban J connectivity index is 2.26. The molecule has 1 rings (SSSR count). The average Bonchev–Trinajstić information content (AvgIpc) is 2.47. The smallest absolute Gasteiger partial charge is 0.0701 e. The maximum atomic E-state index is 9.18. The number of aliphatic hydroxyl groups is 1. The number of rotatable bonds is 5. The minimum Gasteiger partial charge on any atom is -0.393 e. The fraction of sp³-hybridized carbons (Fsp3) is 0.600. The van der Waals surface area contributed by atoms with Gasteiger partial charge in [-0.15, -0.1) is 11.3 Å². The van der Waals surface area contributed by atoms with E-state index in [1.54, 1.807) is 11.3 Å². The van der Waals surface area contributed by atoms with Crippen molar-refractivity contribution in [3.05, 3.63) is 20.8 Å². The molecule has 1 aromatic heterocycles. The van der Waals surface area contributed by atoms with Gasteiger partial charge in [-0.05, 0) is 53.2 Å². The van der Waals surface area contributed by atoms with Gasteiger partial charge in [0, 0.05) is 12.6 Å². The maximum Gasteiger partial charge on any atom is 0.0701 e. The molecule has 0 aliphatic carbocycles. The number of aliphatic hydroxyl groups excluding tert-OH is 1. The molecule has 0 amide bonds. The Kier molecular flexibility index (Phi) is 5.09. The van der Waals surface area contributed by atoms with E-state index in [1.807, 2.05) is 6.92 Å². The van der Waals surface area contributed by atoms with Gasteiger partial charge in [0.05, 0.1) is 9.89 Å². The normalized spacial score (nSPS) is 15.4. The lowest BCUT2D eigenvalue weighted by Crippen LogP contribution is -2.28. The Hall–Kier alpha value is 0.100. The molecule has 0 saturated carbocycles. The zero-order valence-corrected chi connectivity index (χ0v) is 10.9. The highest BCUT2D eigenvalue weighted by Gasteiger charge is 2.05. The molecule has 1 heterocycles. The molecular weight excluding hydrogens is 262 g/mol. The van der Waals surface area contributed by atoms with Crippen LogP contribution in [0.2, 0.25) is 0 Å². The molecule has 2 atom stereocenters. The summed E-state index contributed by atoms with van der Waals surface area (Å²) >= 11 is 5.13. The van der Waals surface area contributed by atoms with E-state index in [2.05, 4.69) is 39.6 Å². The molecule has 0 bridgehead atoms. The van der Waals surface area contributed by atoms with E-state index in [4.69, 9.17) is 0 Å². The van der Waals surface area contributed by atoms with Crippen LogP contribution in [-0.4, -0.2) is 17.3 Å². The summed E-state index contributed by atoms with van der Waals surface area (Å²) in [4.78, 5) is 0. The van der Waals surface area contributed by atoms with E-state index >= 15 is 0 Å². The fourth-order valence-electron chi connectivity index (χ4n) is 1.33. The first-order chi connectivity index (χ1) is 6.58. The van der Waals surface area contributed by atoms with Crippen molar-refractivity contribution >= 4 is 27.3 Å². The summed E-state index contributed by atoms with van der Waals surface area (Å²) in [6.45, 7) is 4.78. The average molecular weight is 278 g/mol. The Morgan fingerprint density at radius 3 is 2.79 bits per heavy atom. The predicted octanol–water partition coefficient (Wildman–Crippen LogP) is 2.76. The molecule has 0 saturated heterocycles. The van der Waals surface area contributed by atoms with Crippen LogP contribution in [0.4, 0.5) is 0 Å². The quantitative estimate of drug-likeness (QED) is 0.868. The Morgan fingerprint density at radius 1 is 1.57 bits per heavy atom. The summed E-state index contributed by atoms with van der Waals surface area (Å²) in [5.41, 5.74) is 1.29. The Labute approximate surface area is 97.5 Å². The third kappa shape index (κ3) is 4.55. The van der Waals surface area contributed by atoms with Crippen molar-refractivity contribution in [1.29, 1.82) is 0 Å². The molecule has 0 aliphatic heterocycles. The van der Waals surface area contributed by atoms with Crippen LogP contribution in [0, 0.1) is 0 Å². The first kappa shape index (κ1) is 12.2. The van der Waals surface area contributed by atoms with E-state index < -0.39 is 0 Å². The SMILES string of the molecule is CC(O)CC(C)NCc1csc(Br)c1. The summed E-state index contributed by atoms with van der Waals surface area (Å²) in [5.74, 6) is 0. The molecule has 0 aromatic carbocycles. The van der Waals surface area contributed by atoms with Crippen molar-refractivity contribution in [3.63, 3.8) is 0 Å². The van der Waals surface area contributed by atoms with Crippen LogP contribution < -0.4 is 5.32 Å². The molecule has 2 N–H and O–H groups in total. The van der Waals surface area contributed by atoms with Gasteiger partial charge in [-0.2, -0.15) is 0 Å². The van der Waals surface area contributed by atoms with Gasteiger partial charge in [0.2, 0.25) is 0 Å². The van der Waals surface area contributed by atoms with Gasteiger partial charge < -0.3 is 10.4 Å². The monoisotopic (exact) mass is 277 g/mol. The van der Waals surface area contributed by atoms with Crippen molar-refractivity contribution in [1.82, 2.24) is 5.32 Å². The van der Waals surface area contributed by atoms with E-state index in [-0.39, 0.29) is 6.10 Å². The van der Waals surface area contributed by atoms with E-state index in [0.29, 0.717) is 6.04 Å². The second kappa shape index (κ2) is 5.85. The minimum atomic E-state index is -0.230. The second-order valence-electron chi connectivity index (χ2n) is 3.63. The first-order valence-corrected chi connectivity index (χ1v) is 6.39. The molecule has 14 heavy (non-hydrogen) atoms. The molecule has 2 unspecified atom stereocenters. The van der Waals surface area contributed by atoms with Gasteiger partial charge in [-0.3, -0.25) is 0 Å². The van der Waals surface area contributed by atoms with E-state index in [1.165, 1.54) is 5.56 Å². The van der Waals surface area contributed by atoms with Gasteiger partial charge in [-0.25, -0.2) is 0 Å². The molecular formula is C10H16BrNOS. The number of thiophene rings is 1. The highest BCUT2D eigenvalue weighted by atomic mass is 79.9. The maximum absolute atomic E-state index is 9.18. The van der Waals surface area contributed by atoms with Gasteiger partial charge >= 0.3 is 0 Å². The Morgan fingerprint density at radius 2 is 2.29 bits per heavy atom. The highest BCUT2D eigenvalue weighted by molar-refractivity contribution is 9.11. The lowest BCUT2D eigenvalue weighted by molar-refractivity contribution is 0.170. The van der Waals surface area contributed by atoms with Gasteiger partial charge in [0.1, 0.15) is 0 Å². The predicted molar refractivity (Wildman–Crippen MR) is 64.6 cm³/mol. The van der Waals surface area contributed by atoms with Crippen LogP contribution >= 0.6 is 27.3 Å². The molecule has 2 nitrogen and oxygen atoms in total. The summed E-state index contributed by atoms with van der Waals surface area (Å²) in [7, 11) is 0. The van der Waals surface area contributed by atoms with Crippen LogP contribution in [0.1, 0.15) is 25.8 Å². The Bertz CT molecular complexity index is 275. The summed E-state index contributed by atoms with van der Waals surface area (Å²) in [5, 5.41) is 14.7. The van der Waals surface area contributed by atoms with Gasteiger partial charge in [0.25, 0.3) is 0 Å². The third-order valence-corrected chi connectivity index (χ3v) is 3.52. The molecule has 0 aliphatic rings. The van der Waals surface area contributed by atoms with Crippen molar-refractivity contribution in [3.8, 4) is 0 Å². The molecule has 4 heteroatoms. The van der Waals surface area contributed by atoms with Crippen LogP contribution in [-0.2, 0) is 6.54 Å². The number of hydrogen-bond acceptors (Lipinski definition) is 3. The van der Waals surface area contributed by atoms with Crippen molar-refractivity contribution in [2.24, 2.45) is 0 Å². The van der Waals surface area contributed by atoms with Crippen LogP contribution in [0.25, 0.3) is 0 Å². The molecule has 1 aromatic rings. The van der Waals surface area contributed by atoms with Crippen molar-refractivity contribution in [2.75, 3.05) is 0 Å². The first-order valence-electron chi connectivity index (χ1n) is 4.72. The third-order valence-electron chi connectivity index (χ3n) is 1.97. The van der Waals surface area contributed by atoms with E-state index in [0.717, 1.165) is 16.8 Å².